The van der Waals surface area contributed by atoms with Crippen LogP contribution < -0.4 is 15.0 Å². The Labute approximate surface area is 124 Å². The maximum absolute atomic E-state index is 5.45. The summed E-state index contributed by atoms with van der Waals surface area (Å²) in [5, 5.41) is 10.8. The lowest BCUT2D eigenvalue weighted by atomic mass is 10.2. The molecule has 0 radical (unpaired) electrons. The van der Waals surface area contributed by atoms with Crippen LogP contribution in [-0.4, -0.2) is 47.5 Å². The Balaban J connectivity index is 1.74. The molecular weight excluding hydrogens is 266 g/mol. The molecule has 2 heterocycles. The Kier molecular flexibility index (Phi) is 4.06. The van der Waals surface area contributed by atoms with Gasteiger partial charge in [-0.05, 0) is 38.1 Å². The number of piperazine rings is 1. The number of rotatable bonds is 4. The van der Waals surface area contributed by atoms with E-state index in [-0.39, 0.29) is 0 Å². The van der Waals surface area contributed by atoms with Gasteiger partial charge in [0.05, 0.1) is 6.61 Å². The zero-order valence-corrected chi connectivity index (χ0v) is 12.5. The van der Waals surface area contributed by atoms with Crippen LogP contribution in [0, 0.1) is 0 Å². The van der Waals surface area contributed by atoms with E-state index in [1.165, 1.54) is 0 Å². The first-order chi connectivity index (χ1) is 10.3. The standard InChI is InChI=1S/C15H21N5O/c1-3-21-13-6-4-12(5-7-13)14-17-15(19-18-14)20-9-8-16-11(2)10-20/h4-7,11,16H,3,8-10H2,1-2H3,(H,17,18,19)/t11-/m1/s1. The lowest BCUT2D eigenvalue weighted by Crippen LogP contribution is -2.49. The average Bonchev–Trinajstić information content (AvgIpc) is 2.98. The van der Waals surface area contributed by atoms with Gasteiger partial charge in [0.1, 0.15) is 5.75 Å². The van der Waals surface area contributed by atoms with Crippen molar-refractivity contribution in [2.75, 3.05) is 31.1 Å². The van der Waals surface area contributed by atoms with E-state index in [1.54, 1.807) is 0 Å². The maximum atomic E-state index is 5.45. The zero-order valence-electron chi connectivity index (χ0n) is 12.5. The molecule has 112 valence electrons. The van der Waals surface area contributed by atoms with Crippen molar-refractivity contribution in [1.29, 1.82) is 0 Å². The van der Waals surface area contributed by atoms with Gasteiger partial charge in [0.2, 0.25) is 5.95 Å². The number of aromatic amines is 1. The molecule has 0 bridgehead atoms. The van der Waals surface area contributed by atoms with E-state index in [0.717, 1.165) is 42.7 Å². The molecule has 1 fully saturated rings. The zero-order chi connectivity index (χ0) is 14.7. The second-order valence-corrected chi connectivity index (χ2v) is 5.24. The van der Waals surface area contributed by atoms with Crippen LogP contribution in [0.2, 0.25) is 0 Å². The minimum atomic E-state index is 0.464. The summed E-state index contributed by atoms with van der Waals surface area (Å²) in [5.41, 5.74) is 1.01. The van der Waals surface area contributed by atoms with Gasteiger partial charge < -0.3 is 15.0 Å². The van der Waals surface area contributed by atoms with E-state index in [2.05, 4.69) is 32.3 Å². The number of aromatic nitrogens is 3. The lowest BCUT2D eigenvalue weighted by molar-refractivity contribution is 0.340. The first-order valence-electron chi connectivity index (χ1n) is 7.40. The Morgan fingerprint density at radius 2 is 2.14 bits per heavy atom. The number of benzene rings is 1. The fourth-order valence-corrected chi connectivity index (χ4v) is 2.51. The van der Waals surface area contributed by atoms with E-state index < -0.39 is 0 Å². The molecule has 1 atom stereocenters. The van der Waals surface area contributed by atoms with Crippen LogP contribution in [0.25, 0.3) is 11.4 Å². The minimum Gasteiger partial charge on any atom is -0.494 e. The highest BCUT2D eigenvalue weighted by atomic mass is 16.5. The summed E-state index contributed by atoms with van der Waals surface area (Å²) in [4.78, 5) is 6.81. The molecular formula is C15H21N5O. The molecule has 0 saturated carbocycles. The van der Waals surface area contributed by atoms with Crippen LogP contribution in [0.4, 0.5) is 5.95 Å². The van der Waals surface area contributed by atoms with Crippen LogP contribution >= 0.6 is 0 Å². The van der Waals surface area contributed by atoms with Gasteiger partial charge in [0.25, 0.3) is 0 Å². The summed E-state index contributed by atoms with van der Waals surface area (Å²) in [6.07, 6.45) is 0. The van der Waals surface area contributed by atoms with E-state index in [0.29, 0.717) is 12.6 Å². The van der Waals surface area contributed by atoms with E-state index in [4.69, 9.17) is 4.74 Å². The van der Waals surface area contributed by atoms with Crippen molar-refractivity contribution in [2.45, 2.75) is 19.9 Å². The van der Waals surface area contributed by atoms with Crippen molar-refractivity contribution in [3.8, 4) is 17.1 Å². The molecule has 0 spiro atoms. The largest absolute Gasteiger partial charge is 0.494 e. The Bertz CT molecular complexity index is 580. The third kappa shape index (κ3) is 3.16. The quantitative estimate of drug-likeness (QED) is 0.895. The number of nitrogens with one attached hydrogen (secondary N) is 2. The van der Waals surface area contributed by atoms with Crippen molar-refractivity contribution >= 4 is 5.95 Å². The minimum absolute atomic E-state index is 0.464. The third-order valence-electron chi connectivity index (χ3n) is 3.56. The Morgan fingerprint density at radius 3 is 2.86 bits per heavy atom. The van der Waals surface area contributed by atoms with E-state index in [9.17, 15) is 0 Å². The summed E-state index contributed by atoms with van der Waals surface area (Å²) in [7, 11) is 0. The van der Waals surface area contributed by atoms with E-state index >= 15 is 0 Å². The molecule has 2 aromatic rings. The molecule has 6 nitrogen and oxygen atoms in total. The highest BCUT2D eigenvalue weighted by molar-refractivity contribution is 5.57. The molecule has 0 aliphatic carbocycles. The molecule has 1 aromatic carbocycles. The van der Waals surface area contributed by atoms with Crippen molar-refractivity contribution in [3.63, 3.8) is 0 Å². The number of anilines is 1. The summed E-state index contributed by atoms with van der Waals surface area (Å²) >= 11 is 0. The van der Waals surface area contributed by atoms with Gasteiger partial charge in [-0.3, -0.25) is 5.10 Å². The number of nitrogens with zero attached hydrogens (tertiary/aromatic N) is 3. The van der Waals surface area contributed by atoms with Crippen molar-refractivity contribution in [2.24, 2.45) is 0 Å². The second-order valence-electron chi connectivity index (χ2n) is 5.24. The Morgan fingerprint density at radius 1 is 1.33 bits per heavy atom. The molecule has 1 saturated heterocycles. The van der Waals surface area contributed by atoms with Gasteiger partial charge in [0.15, 0.2) is 5.82 Å². The van der Waals surface area contributed by atoms with Gasteiger partial charge >= 0.3 is 0 Å². The third-order valence-corrected chi connectivity index (χ3v) is 3.56. The molecule has 1 aromatic heterocycles. The lowest BCUT2D eigenvalue weighted by Gasteiger charge is -2.30. The van der Waals surface area contributed by atoms with Crippen molar-refractivity contribution in [3.05, 3.63) is 24.3 Å². The predicted octanol–water partition coefficient (Wildman–Crippen LogP) is 1.67. The highest BCUT2D eigenvalue weighted by Gasteiger charge is 2.19. The van der Waals surface area contributed by atoms with Gasteiger partial charge in [-0.1, -0.05) is 0 Å². The van der Waals surface area contributed by atoms with Gasteiger partial charge in [-0.15, -0.1) is 5.10 Å². The average molecular weight is 287 g/mol. The molecule has 6 heteroatoms. The highest BCUT2D eigenvalue weighted by Crippen LogP contribution is 2.21. The van der Waals surface area contributed by atoms with Gasteiger partial charge in [0, 0.05) is 31.2 Å². The van der Waals surface area contributed by atoms with Crippen LogP contribution in [0.3, 0.4) is 0 Å². The smallest absolute Gasteiger partial charge is 0.245 e. The molecule has 1 aliphatic rings. The fraction of sp³-hybridized carbons (Fsp3) is 0.467. The maximum Gasteiger partial charge on any atom is 0.245 e. The number of H-pyrrole nitrogens is 1. The number of hydrogen-bond acceptors (Lipinski definition) is 5. The molecule has 21 heavy (non-hydrogen) atoms. The first-order valence-corrected chi connectivity index (χ1v) is 7.40. The fourth-order valence-electron chi connectivity index (χ4n) is 2.51. The summed E-state index contributed by atoms with van der Waals surface area (Å²) in [5.74, 6) is 2.43. The Hall–Kier alpha value is -2.08. The van der Waals surface area contributed by atoms with Crippen molar-refractivity contribution in [1.82, 2.24) is 20.5 Å². The molecule has 0 unspecified atom stereocenters. The first kappa shape index (κ1) is 13.9. The van der Waals surface area contributed by atoms with Gasteiger partial charge in [-0.2, -0.15) is 4.98 Å². The SMILES string of the molecule is CCOc1ccc(-c2nc(N3CCN[C@H](C)C3)n[nH]2)cc1. The van der Waals surface area contributed by atoms with Crippen LogP contribution in [0.1, 0.15) is 13.8 Å². The second kappa shape index (κ2) is 6.13. The molecule has 2 N–H and O–H groups in total. The van der Waals surface area contributed by atoms with Crippen LogP contribution in [-0.2, 0) is 0 Å². The van der Waals surface area contributed by atoms with Gasteiger partial charge in [-0.25, -0.2) is 0 Å². The summed E-state index contributed by atoms with van der Waals surface area (Å²) in [6, 6.07) is 8.36. The monoisotopic (exact) mass is 287 g/mol. The normalized spacial score (nSPS) is 18.8. The molecule has 3 rings (SSSR count). The number of hydrogen-bond donors (Lipinski definition) is 2. The van der Waals surface area contributed by atoms with Crippen molar-refractivity contribution < 1.29 is 4.74 Å². The predicted molar refractivity (Wildman–Crippen MR) is 82.7 cm³/mol. The van der Waals surface area contributed by atoms with Crippen LogP contribution in [0.15, 0.2) is 24.3 Å². The molecule has 1 aliphatic heterocycles. The number of ether oxygens (including phenoxy) is 1. The van der Waals surface area contributed by atoms with Crippen LogP contribution in [0.5, 0.6) is 5.75 Å². The topological polar surface area (TPSA) is 66.1 Å². The molecule has 0 amide bonds. The summed E-state index contributed by atoms with van der Waals surface area (Å²) < 4.78 is 5.45. The summed E-state index contributed by atoms with van der Waals surface area (Å²) in [6.45, 7) is 7.66. The van der Waals surface area contributed by atoms with E-state index in [1.807, 2.05) is 31.2 Å².